The van der Waals surface area contributed by atoms with E-state index in [4.69, 9.17) is 0 Å². The van der Waals surface area contributed by atoms with Crippen molar-refractivity contribution in [2.75, 3.05) is 43.3 Å². The lowest BCUT2D eigenvalue weighted by molar-refractivity contribution is 0.0673. The summed E-state index contributed by atoms with van der Waals surface area (Å²) in [6.45, 7) is 4.90. The number of amides is 1. The van der Waals surface area contributed by atoms with Crippen molar-refractivity contribution in [3.63, 3.8) is 0 Å². The molecular weight excluding hydrogens is 374 g/mol. The number of nitrogens with one attached hydrogen (secondary N) is 1. The van der Waals surface area contributed by atoms with Gasteiger partial charge in [0.05, 0.1) is 11.4 Å². The van der Waals surface area contributed by atoms with Crippen LogP contribution in [0.25, 0.3) is 0 Å². The highest BCUT2D eigenvalue weighted by atomic mass is 35.5. The standard InChI is InChI=1S/C18H27N3O3S.ClH/c1-14-11-16(21-9-4-10-25(21,23)24)6-7-17(14)18(22)20-8-3-5-15(13-20)12-19-2;/h6-7,11,15,19H,3-5,8-10,12-13H2,1-2H3;1H. The van der Waals surface area contributed by atoms with Gasteiger partial charge in [0.25, 0.3) is 5.91 Å². The Labute approximate surface area is 162 Å². The molecule has 1 aromatic carbocycles. The van der Waals surface area contributed by atoms with Crippen LogP contribution in [-0.2, 0) is 10.0 Å². The third-order valence-electron chi connectivity index (χ3n) is 5.13. The molecule has 2 saturated heterocycles. The fraction of sp³-hybridized carbons (Fsp3) is 0.611. The molecule has 1 atom stereocenters. The van der Waals surface area contributed by atoms with Crippen molar-refractivity contribution in [2.45, 2.75) is 26.2 Å². The Hall–Kier alpha value is -1.31. The highest BCUT2D eigenvalue weighted by Crippen LogP contribution is 2.27. The number of aryl methyl sites for hydroxylation is 1. The molecule has 0 aliphatic carbocycles. The monoisotopic (exact) mass is 401 g/mol. The molecule has 8 heteroatoms. The zero-order chi connectivity index (χ0) is 18.0. The molecule has 146 valence electrons. The van der Waals surface area contributed by atoms with E-state index >= 15 is 0 Å². The maximum Gasteiger partial charge on any atom is 0.254 e. The predicted molar refractivity (Wildman–Crippen MR) is 107 cm³/mol. The molecule has 0 bridgehead atoms. The van der Waals surface area contributed by atoms with Crippen molar-refractivity contribution in [2.24, 2.45) is 5.92 Å². The lowest BCUT2D eigenvalue weighted by Gasteiger charge is -2.33. The normalized spacial score (nSPS) is 22.2. The van der Waals surface area contributed by atoms with E-state index in [2.05, 4.69) is 5.32 Å². The van der Waals surface area contributed by atoms with Gasteiger partial charge in [0, 0.05) is 25.2 Å². The number of nitrogens with zero attached hydrogens (tertiary/aromatic N) is 2. The number of piperidine rings is 1. The van der Waals surface area contributed by atoms with Gasteiger partial charge in [-0.2, -0.15) is 0 Å². The highest BCUT2D eigenvalue weighted by Gasteiger charge is 2.29. The van der Waals surface area contributed by atoms with Gasteiger partial charge < -0.3 is 10.2 Å². The van der Waals surface area contributed by atoms with Crippen molar-refractivity contribution < 1.29 is 13.2 Å². The molecule has 3 rings (SSSR count). The largest absolute Gasteiger partial charge is 0.338 e. The van der Waals surface area contributed by atoms with Gasteiger partial charge in [-0.3, -0.25) is 9.10 Å². The number of carbonyl (C=O) groups excluding carboxylic acids is 1. The molecule has 2 heterocycles. The van der Waals surface area contributed by atoms with E-state index in [9.17, 15) is 13.2 Å². The summed E-state index contributed by atoms with van der Waals surface area (Å²) in [5.74, 6) is 0.749. The number of hydrogen-bond acceptors (Lipinski definition) is 4. The smallest absolute Gasteiger partial charge is 0.254 e. The second-order valence-electron chi connectivity index (χ2n) is 7.06. The molecule has 2 aliphatic heterocycles. The van der Waals surface area contributed by atoms with Crippen LogP contribution in [0.3, 0.4) is 0 Å². The van der Waals surface area contributed by atoms with Crippen LogP contribution in [0.4, 0.5) is 5.69 Å². The van der Waals surface area contributed by atoms with Crippen LogP contribution in [0.2, 0.25) is 0 Å². The molecule has 0 spiro atoms. The quantitative estimate of drug-likeness (QED) is 0.838. The zero-order valence-corrected chi connectivity index (χ0v) is 17.0. The van der Waals surface area contributed by atoms with E-state index in [-0.39, 0.29) is 24.1 Å². The van der Waals surface area contributed by atoms with E-state index in [1.54, 1.807) is 12.1 Å². The van der Waals surface area contributed by atoms with E-state index in [1.807, 2.05) is 24.9 Å². The molecule has 0 radical (unpaired) electrons. The lowest BCUT2D eigenvalue weighted by atomic mass is 9.96. The Morgan fingerprint density at radius 3 is 2.65 bits per heavy atom. The number of likely N-dealkylation sites (tertiary alicyclic amines) is 1. The molecule has 0 aromatic heterocycles. The second kappa shape index (κ2) is 8.59. The van der Waals surface area contributed by atoms with Crippen LogP contribution >= 0.6 is 12.4 Å². The minimum absolute atomic E-state index is 0. The fourth-order valence-electron chi connectivity index (χ4n) is 3.85. The first-order chi connectivity index (χ1) is 11.9. The predicted octanol–water partition coefficient (Wildman–Crippen LogP) is 2.03. The SMILES string of the molecule is CNCC1CCCN(C(=O)c2ccc(N3CCCS3(=O)=O)cc2C)C1.Cl. The third kappa shape index (κ3) is 4.32. The summed E-state index contributed by atoms with van der Waals surface area (Å²) in [5.41, 5.74) is 2.17. The molecule has 1 amide bonds. The Morgan fingerprint density at radius 1 is 1.27 bits per heavy atom. The Kier molecular flexibility index (Phi) is 6.93. The van der Waals surface area contributed by atoms with Gasteiger partial charge >= 0.3 is 0 Å². The number of hydrogen-bond donors (Lipinski definition) is 1. The molecular formula is C18H28ClN3O3S. The summed E-state index contributed by atoms with van der Waals surface area (Å²) >= 11 is 0. The summed E-state index contributed by atoms with van der Waals surface area (Å²) in [6.07, 6.45) is 2.83. The van der Waals surface area contributed by atoms with E-state index in [0.717, 1.165) is 38.0 Å². The van der Waals surface area contributed by atoms with Crippen LogP contribution in [-0.4, -0.2) is 58.2 Å². The Bertz CT molecular complexity index is 752. The van der Waals surface area contributed by atoms with Gasteiger partial charge in [-0.05, 0) is 69.5 Å². The number of benzene rings is 1. The minimum Gasteiger partial charge on any atom is -0.338 e. The summed E-state index contributed by atoms with van der Waals surface area (Å²) in [5, 5.41) is 3.19. The number of halogens is 1. The van der Waals surface area contributed by atoms with E-state index < -0.39 is 10.0 Å². The Morgan fingerprint density at radius 2 is 2.04 bits per heavy atom. The third-order valence-corrected chi connectivity index (χ3v) is 7.00. The van der Waals surface area contributed by atoms with Crippen LogP contribution in [0, 0.1) is 12.8 Å². The summed E-state index contributed by atoms with van der Waals surface area (Å²) in [7, 11) is -1.25. The Balaban J connectivity index is 0.00000243. The maximum absolute atomic E-state index is 12.9. The van der Waals surface area contributed by atoms with E-state index in [1.165, 1.54) is 4.31 Å². The first-order valence-corrected chi connectivity index (χ1v) is 10.6. The summed E-state index contributed by atoms with van der Waals surface area (Å²) < 4.78 is 25.6. The van der Waals surface area contributed by atoms with Gasteiger partial charge in [0.15, 0.2) is 0 Å². The minimum atomic E-state index is -3.19. The fourth-order valence-corrected chi connectivity index (χ4v) is 5.40. The molecule has 26 heavy (non-hydrogen) atoms. The molecule has 2 fully saturated rings. The van der Waals surface area contributed by atoms with Crippen molar-refractivity contribution in [3.8, 4) is 0 Å². The van der Waals surface area contributed by atoms with Gasteiger partial charge in [0.2, 0.25) is 10.0 Å². The van der Waals surface area contributed by atoms with Gasteiger partial charge in [0.1, 0.15) is 0 Å². The first-order valence-electron chi connectivity index (χ1n) is 8.97. The molecule has 0 saturated carbocycles. The van der Waals surface area contributed by atoms with Crippen molar-refractivity contribution in [3.05, 3.63) is 29.3 Å². The van der Waals surface area contributed by atoms with Crippen molar-refractivity contribution in [1.29, 1.82) is 0 Å². The molecule has 1 aromatic rings. The van der Waals surface area contributed by atoms with Gasteiger partial charge in [-0.15, -0.1) is 12.4 Å². The zero-order valence-electron chi connectivity index (χ0n) is 15.4. The van der Waals surface area contributed by atoms with Crippen molar-refractivity contribution >= 4 is 34.0 Å². The average molecular weight is 402 g/mol. The highest BCUT2D eigenvalue weighted by molar-refractivity contribution is 7.93. The number of rotatable bonds is 4. The maximum atomic E-state index is 12.9. The van der Waals surface area contributed by atoms with Gasteiger partial charge in [-0.1, -0.05) is 0 Å². The molecule has 1 unspecified atom stereocenters. The van der Waals surface area contributed by atoms with Crippen molar-refractivity contribution in [1.82, 2.24) is 10.2 Å². The van der Waals surface area contributed by atoms with Crippen LogP contribution in [0.1, 0.15) is 35.2 Å². The topological polar surface area (TPSA) is 69.7 Å². The molecule has 1 N–H and O–H groups in total. The molecule has 2 aliphatic rings. The van der Waals surface area contributed by atoms with Crippen LogP contribution in [0.5, 0.6) is 0 Å². The lowest BCUT2D eigenvalue weighted by Crippen LogP contribution is -2.42. The molecule has 6 nitrogen and oxygen atoms in total. The first kappa shape index (κ1) is 21.0. The van der Waals surface area contributed by atoms with E-state index in [0.29, 0.717) is 30.1 Å². The number of anilines is 1. The van der Waals surface area contributed by atoms with Crippen LogP contribution < -0.4 is 9.62 Å². The number of sulfonamides is 1. The van der Waals surface area contributed by atoms with Crippen LogP contribution in [0.15, 0.2) is 18.2 Å². The number of carbonyl (C=O) groups is 1. The summed E-state index contributed by atoms with van der Waals surface area (Å²) in [6, 6.07) is 5.37. The summed E-state index contributed by atoms with van der Waals surface area (Å²) in [4.78, 5) is 14.8. The van der Waals surface area contributed by atoms with Gasteiger partial charge in [-0.25, -0.2) is 8.42 Å². The second-order valence-corrected chi connectivity index (χ2v) is 9.07. The average Bonchev–Trinajstić information content (AvgIpc) is 2.94.